The highest BCUT2D eigenvalue weighted by Gasteiger charge is 2.52. The number of carbonyl (C=O) groups excluding carboxylic acids is 5. The minimum atomic E-state index is -4.37. The van der Waals surface area contributed by atoms with Gasteiger partial charge in [-0.3, -0.25) is 28.6 Å². The Morgan fingerprint density at radius 1 is 1.02 bits per heavy atom. The molecule has 2 amide bonds. The zero-order chi connectivity index (χ0) is 31.0. The number of carbonyl (C=O) groups is 5. The van der Waals surface area contributed by atoms with Crippen molar-refractivity contribution in [1.82, 2.24) is 9.96 Å². The lowest BCUT2D eigenvalue weighted by Gasteiger charge is -2.39. The van der Waals surface area contributed by atoms with Gasteiger partial charge in [-0.1, -0.05) is 6.07 Å². The van der Waals surface area contributed by atoms with Gasteiger partial charge in [0.1, 0.15) is 13.1 Å². The summed E-state index contributed by atoms with van der Waals surface area (Å²) in [5.41, 5.74) is 1.95. The molecule has 1 N–H and O–H groups in total. The van der Waals surface area contributed by atoms with Crippen LogP contribution in [0.3, 0.4) is 0 Å². The summed E-state index contributed by atoms with van der Waals surface area (Å²) in [6, 6.07) is 7.09. The van der Waals surface area contributed by atoms with E-state index in [1.165, 1.54) is 12.1 Å². The highest BCUT2D eigenvalue weighted by molar-refractivity contribution is 7.85. The minimum absolute atomic E-state index is 0.0129. The average Bonchev–Trinajstić information content (AvgIpc) is 3.37. The van der Waals surface area contributed by atoms with Gasteiger partial charge in [0, 0.05) is 43.6 Å². The van der Waals surface area contributed by atoms with Gasteiger partial charge in [0.05, 0.1) is 21.8 Å². The van der Waals surface area contributed by atoms with Crippen molar-refractivity contribution in [3.05, 3.63) is 47.5 Å². The Labute approximate surface area is 247 Å². The van der Waals surface area contributed by atoms with Crippen LogP contribution in [0.5, 0.6) is 0 Å². The SMILES string of the molecule is C[N+]1=C(C=C2C(=O)C(N3CCC(C(=O)ON4C(=O)CCC4=O)CC3)C2=O)C(C)(C)c2c1ccc1cc(S(=O)(=O)O)ccc21. The van der Waals surface area contributed by atoms with E-state index in [1.807, 2.05) is 31.5 Å². The number of hydroxylamine groups is 2. The molecule has 0 bridgehead atoms. The molecule has 224 valence electrons. The summed E-state index contributed by atoms with van der Waals surface area (Å²) in [7, 11) is -2.52. The summed E-state index contributed by atoms with van der Waals surface area (Å²) < 4.78 is 34.7. The van der Waals surface area contributed by atoms with Gasteiger partial charge in [0.2, 0.25) is 5.69 Å². The molecule has 3 aliphatic heterocycles. The zero-order valence-electron chi connectivity index (χ0n) is 23.8. The molecule has 0 atom stereocenters. The number of amides is 2. The van der Waals surface area contributed by atoms with E-state index >= 15 is 0 Å². The number of benzene rings is 2. The van der Waals surface area contributed by atoms with Crippen molar-refractivity contribution in [3.63, 3.8) is 0 Å². The number of fused-ring (bicyclic) bond motifs is 3. The Balaban J connectivity index is 1.17. The van der Waals surface area contributed by atoms with Crippen molar-refractivity contribution < 1.29 is 46.4 Å². The van der Waals surface area contributed by atoms with Crippen molar-refractivity contribution in [2.24, 2.45) is 5.92 Å². The second kappa shape index (κ2) is 10.00. The van der Waals surface area contributed by atoms with E-state index in [-0.39, 0.29) is 34.9 Å². The van der Waals surface area contributed by atoms with E-state index in [2.05, 4.69) is 0 Å². The third-order valence-corrected chi connectivity index (χ3v) is 9.83. The predicted molar refractivity (Wildman–Crippen MR) is 151 cm³/mol. The van der Waals surface area contributed by atoms with Gasteiger partial charge in [-0.2, -0.15) is 13.0 Å². The number of rotatable bonds is 5. The molecule has 0 aromatic heterocycles. The van der Waals surface area contributed by atoms with Crippen molar-refractivity contribution in [1.29, 1.82) is 0 Å². The van der Waals surface area contributed by atoms with E-state index in [0.717, 1.165) is 22.3 Å². The number of hydrogen-bond donors (Lipinski definition) is 1. The summed E-state index contributed by atoms with van der Waals surface area (Å²) in [5, 5.41) is 1.95. The predicted octanol–water partition coefficient (Wildman–Crippen LogP) is 1.86. The van der Waals surface area contributed by atoms with Crippen LogP contribution in [0.2, 0.25) is 0 Å². The monoisotopic (exact) mass is 608 g/mol. The first-order valence-electron chi connectivity index (χ1n) is 14.0. The smallest absolute Gasteiger partial charge is 0.330 e. The fourth-order valence-corrected chi connectivity index (χ4v) is 7.15. The molecule has 2 saturated heterocycles. The maximum atomic E-state index is 13.3. The normalized spacial score (nSPS) is 22.8. The van der Waals surface area contributed by atoms with Crippen molar-refractivity contribution in [3.8, 4) is 0 Å². The summed E-state index contributed by atoms with van der Waals surface area (Å²) in [6.45, 7) is 4.55. The van der Waals surface area contributed by atoms with Gasteiger partial charge in [0.25, 0.3) is 21.9 Å². The second-order valence-corrected chi connectivity index (χ2v) is 13.3. The Bertz CT molecular complexity index is 1800. The van der Waals surface area contributed by atoms with Gasteiger partial charge < -0.3 is 4.84 Å². The molecule has 2 aromatic rings. The average molecular weight is 609 g/mol. The minimum Gasteiger partial charge on any atom is -0.330 e. The van der Waals surface area contributed by atoms with E-state index in [4.69, 9.17) is 4.84 Å². The maximum Gasteiger partial charge on any atom is 0.336 e. The summed E-state index contributed by atoms with van der Waals surface area (Å²) in [6.07, 6.45) is 2.30. The Kier molecular flexibility index (Phi) is 6.75. The highest BCUT2D eigenvalue weighted by Crippen LogP contribution is 2.44. The highest BCUT2D eigenvalue weighted by atomic mass is 32.2. The molecule has 4 aliphatic rings. The number of allylic oxidation sites excluding steroid dienone is 1. The molecule has 1 saturated carbocycles. The first-order chi connectivity index (χ1) is 20.2. The number of hydrogen-bond acceptors (Lipinski definition) is 9. The quantitative estimate of drug-likeness (QED) is 0.133. The lowest BCUT2D eigenvalue weighted by molar-refractivity contribution is -0.401. The van der Waals surface area contributed by atoms with Gasteiger partial charge in [-0.05, 0) is 55.7 Å². The number of piperidine rings is 1. The molecule has 0 radical (unpaired) electrons. The molecule has 0 unspecified atom stereocenters. The first kappa shape index (κ1) is 29.0. The van der Waals surface area contributed by atoms with E-state index in [1.54, 1.807) is 23.1 Å². The molecule has 1 aliphatic carbocycles. The third kappa shape index (κ3) is 4.62. The Morgan fingerprint density at radius 2 is 1.65 bits per heavy atom. The molecule has 0 spiro atoms. The topological polar surface area (TPSA) is 158 Å². The van der Waals surface area contributed by atoms with Crippen LogP contribution >= 0.6 is 0 Å². The number of ketones is 2. The Hall–Kier alpha value is -4.07. The number of likely N-dealkylation sites (tertiary alicyclic amines) is 1. The van der Waals surface area contributed by atoms with E-state index in [0.29, 0.717) is 36.4 Å². The van der Waals surface area contributed by atoms with Gasteiger partial charge in [-0.25, -0.2) is 4.79 Å². The van der Waals surface area contributed by atoms with Gasteiger partial charge >= 0.3 is 5.97 Å². The summed E-state index contributed by atoms with van der Waals surface area (Å²) in [5.74, 6) is -2.90. The Morgan fingerprint density at radius 3 is 2.26 bits per heavy atom. The zero-order valence-corrected chi connectivity index (χ0v) is 24.6. The molecular formula is C30H30N3O9S+. The van der Waals surface area contributed by atoms with Crippen LogP contribution in [0.25, 0.3) is 10.8 Å². The third-order valence-electron chi connectivity index (χ3n) is 8.98. The van der Waals surface area contributed by atoms with E-state index in [9.17, 15) is 36.9 Å². The van der Waals surface area contributed by atoms with Crippen LogP contribution in [0.15, 0.2) is 46.9 Å². The fourth-order valence-electron chi connectivity index (χ4n) is 6.63. The molecule has 13 heteroatoms. The molecule has 43 heavy (non-hydrogen) atoms. The molecular weight excluding hydrogens is 578 g/mol. The lowest BCUT2D eigenvalue weighted by Crippen LogP contribution is -2.59. The second-order valence-electron chi connectivity index (χ2n) is 11.9. The standard InChI is InChI=1S/C30H29N3O9S/c1-30(2)22(31(3)21-7-4-17-14-18(43(39,40)41)5-6-19(17)25(21)30)15-20-27(36)26(28(20)37)32-12-10-16(11-13-32)29(38)42-33-23(34)8-9-24(33)35/h4-7,14-16,26H,8-13H2,1-3H3/p+1. The van der Waals surface area contributed by atoms with Crippen LogP contribution in [-0.4, -0.2) is 88.8 Å². The number of Topliss-reactive ketones (excluding diaryl/α,β-unsaturated/α-hetero) is 2. The number of nitrogens with zero attached hydrogens (tertiary/aromatic N) is 3. The van der Waals surface area contributed by atoms with Gasteiger partial charge in [0.15, 0.2) is 17.3 Å². The first-order valence-corrected chi connectivity index (χ1v) is 15.4. The molecule has 3 fully saturated rings. The number of imide groups is 1. The lowest BCUT2D eigenvalue weighted by atomic mass is 9.75. The fraction of sp³-hybridized carbons (Fsp3) is 0.400. The molecule has 12 nitrogen and oxygen atoms in total. The van der Waals surface area contributed by atoms with Crippen LogP contribution in [0.1, 0.15) is 45.1 Å². The summed E-state index contributed by atoms with van der Waals surface area (Å²) >= 11 is 0. The maximum absolute atomic E-state index is 13.3. The van der Waals surface area contributed by atoms with Crippen molar-refractivity contribution in [2.45, 2.75) is 55.9 Å². The van der Waals surface area contributed by atoms with Crippen molar-refractivity contribution >= 4 is 61.6 Å². The van der Waals surface area contributed by atoms with Crippen LogP contribution in [0.4, 0.5) is 5.69 Å². The molecule has 2 aromatic carbocycles. The largest absolute Gasteiger partial charge is 0.336 e. The van der Waals surface area contributed by atoms with Crippen LogP contribution in [0, 0.1) is 5.92 Å². The van der Waals surface area contributed by atoms with Gasteiger partial charge in [-0.15, -0.1) is 5.06 Å². The van der Waals surface area contributed by atoms with Crippen LogP contribution < -0.4 is 0 Å². The molecule has 6 rings (SSSR count). The van der Waals surface area contributed by atoms with Crippen molar-refractivity contribution in [2.75, 3.05) is 20.1 Å². The molecule has 3 heterocycles. The van der Waals surface area contributed by atoms with Crippen LogP contribution in [-0.2, 0) is 44.3 Å². The summed E-state index contributed by atoms with van der Waals surface area (Å²) in [4.78, 5) is 69.2. The van der Waals surface area contributed by atoms with E-state index < -0.39 is 45.3 Å².